The molecule has 0 bridgehead atoms. The Balaban J connectivity index is 2.22. The Morgan fingerprint density at radius 2 is 1.62 bits per heavy atom. The molecule has 156 valence electrons. The van der Waals surface area contributed by atoms with Crippen molar-refractivity contribution in [2.45, 2.75) is 39.3 Å². The molecule has 0 fully saturated rings. The third-order valence-electron chi connectivity index (χ3n) is 3.84. The van der Waals surface area contributed by atoms with Gasteiger partial charge in [-0.3, -0.25) is 14.9 Å². The largest absolute Gasteiger partial charge is 0.513 e. The number of ether oxygens (including phenoxy) is 1. The quantitative estimate of drug-likeness (QED) is 0.258. The molecular formula is C19H23N2O7P. The minimum Gasteiger partial charge on any atom is -0.462 e. The first-order chi connectivity index (χ1) is 13.7. The lowest BCUT2D eigenvalue weighted by atomic mass is 10.3. The normalized spacial score (nSPS) is 14.9. The number of nitrogens with zero attached hydrogens (tertiary/aromatic N) is 1. The summed E-state index contributed by atoms with van der Waals surface area (Å²) in [5, 5.41) is 13.4. The Morgan fingerprint density at radius 1 is 1.07 bits per heavy atom. The van der Waals surface area contributed by atoms with Crippen molar-refractivity contribution < 1.29 is 28.1 Å². The molecule has 2 aromatic carbocycles. The first kappa shape index (κ1) is 22.4. The van der Waals surface area contributed by atoms with Gasteiger partial charge in [0.05, 0.1) is 11.0 Å². The number of hydrogen-bond donors (Lipinski definition) is 1. The summed E-state index contributed by atoms with van der Waals surface area (Å²) in [7, 11) is -4.08. The molecule has 0 spiro atoms. The van der Waals surface area contributed by atoms with Gasteiger partial charge in [-0.15, -0.1) is 0 Å². The second-order valence-electron chi connectivity index (χ2n) is 6.25. The highest BCUT2D eigenvalue weighted by molar-refractivity contribution is 7.52. The van der Waals surface area contributed by atoms with Crippen LogP contribution in [0.25, 0.3) is 0 Å². The van der Waals surface area contributed by atoms with Crippen molar-refractivity contribution in [3.05, 3.63) is 64.7 Å². The lowest BCUT2D eigenvalue weighted by Gasteiger charge is -2.23. The van der Waals surface area contributed by atoms with Crippen LogP contribution < -0.4 is 14.1 Å². The standard InChI is InChI=1S/C19H23N2O7P/c1-4-14(2)26-19(22)15(3)20-29(25,27-17-8-6-5-7-9-17)28-18-12-10-16(11-13-18)21(23)24/h5-15H,4H2,1-3H3,(H,20,25)/t14-,15?,29?/m0/s1. The van der Waals surface area contributed by atoms with Crippen molar-refractivity contribution in [3.63, 3.8) is 0 Å². The van der Waals surface area contributed by atoms with Crippen LogP contribution in [0.2, 0.25) is 0 Å². The summed E-state index contributed by atoms with van der Waals surface area (Å²) in [6, 6.07) is 12.3. The minimum absolute atomic E-state index is 0.0739. The summed E-state index contributed by atoms with van der Waals surface area (Å²) in [6.45, 7) is 5.10. The van der Waals surface area contributed by atoms with Gasteiger partial charge in [0.1, 0.15) is 17.5 Å². The number of benzene rings is 2. The topological polar surface area (TPSA) is 117 Å². The fraction of sp³-hybridized carbons (Fsp3) is 0.316. The van der Waals surface area contributed by atoms with Crippen LogP contribution in [-0.2, 0) is 14.1 Å². The van der Waals surface area contributed by atoms with E-state index in [2.05, 4.69) is 5.09 Å². The summed E-state index contributed by atoms with van der Waals surface area (Å²) in [5.74, 6) is -0.277. The first-order valence-corrected chi connectivity index (χ1v) is 10.5. The number of nitro benzene ring substituents is 1. The minimum atomic E-state index is -4.08. The summed E-state index contributed by atoms with van der Waals surface area (Å²) in [5.41, 5.74) is -0.144. The molecule has 10 heteroatoms. The predicted octanol–water partition coefficient (Wildman–Crippen LogP) is 4.48. The molecule has 2 unspecified atom stereocenters. The zero-order valence-corrected chi connectivity index (χ0v) is 17.2. The van der Waals surface area contributed by atoms with Crippen molar-refractivity contribution in [2.24, 2.45) is 0 Å². The van der Waals surface area contributed by atoms with Gasteiger partial charge in [-0.05, 0) is 44.5 Å². The van der Waals surface area contributed by atoms with Crippen LogP contribution in [0, 0.1) is 10.1 Å². The van der Waals surface area contributed by atoms with Crippen LogP contribution in [0.5, 0.6) is 11.5 Å². The number of hydrogen-bond acceptors (Lipinski definition) is 7. The van der Waals surface area contributed by atoms with E-state index in [-0.39, 0.29) is 23.3 Å². The van der Waals surface area contributed by atoms with Gasteiger partial charge in [-0.1, -0.05) is 25.1 Å². The maximum atomic E-state index is 13.3. The molecule has 29 heavy (non-hydrogen) atoms. The number of carbonyl (C=O) groups excluding carboxylic acids is 1. The molecule has 3 atom stereocenters. The Kier molecular flexibility index (Phi) is 7.75. The third-order valence-corrected chi connectivity index (χ3v) is 5.45. The van der Waals surface area contributed by atoms with Crippen LogP contribution in [-0.4, -0.2) is 23.0 Å². The van der Waals surface area contributed by atoms with Gasteiger partial charge < -0.3 is 13.8 Å². The van der Waals surface area contributed by atoms with Crippen molar-refractivity contribution in [1.29, 1.82) is 0 Å². The molecule has 0 aliphatic heterocycles. The third kappa shape index (κ3) is 6.89. The van der Waals surface area contributed by atoms with E-state index in [1.54, 1.807) is 37.3 Å². The molecule has 0 saturated carbocycles. The number of esters is 1. The Hall–Kier alpha value is -2.90. The number of carbonyl (C=O) groups is 1. The first-order valence-electron chi connectivity index (χ1n) is 8.99. The molecular weight excluding hydrogens is 399 g/mol. The molecule has 0 amide bonds. The number of nitro groups is 1. The lowest BCUT2D eigenvalue weighted by molar-refractivity contribution is -0.384. The van der Waals surface area contributed by atoms with Crippen molar-refractivity contribution in [2.75, 3.05) is 0 Å². The van der Waals surface area contributed by atoms with Gasteiger partial charge in [0.15, 0.2) is 0 Å². The maximum Gasteiger partial charge on any atom is 0.513 e. The van der Waals surface area contributed by atoms with Gasteiger partial charge in [0.2, 0.25) is 0 Å². The van der Waals surface area contributed by atoms with Crippen LogP contribution in [0.15, 0.2) is 54.6 Å². The molecule has 0 aromatic heterocycles. The summed E-state index contributed by atoms with van der Waals surface area (Å²) in [6.07, 6.45) is 0.340. The fourth-order valence-electron chi connectivity index (χ4n) is 2.13. The fourth-order valence-corrected chi connectivity index (χ4v) is 3.65. The van der Waals surface area contributed by atoms with Gasteiger partial charge in [0, 0.05) is 12.1 Å². The highest BCUT2D eigenvalue weighted by Crippen LogP contribution is 2.45. The summed E-state index contributed by atoms with van der Waals surface area (Å²) in [4.78, 5) is 22.5. The van der Waals surface area contributed by atoms with Crippen molar-refractivity contribution in [3.8, 4) is 11.5 Å². The highest BCUT2D eigenvalue weighted by atomic mass is 31.2. The van der Waals surface area contributed by atoms with Crippen molar-refractivity contribution >= 4 is 19.4 Å². The number of non-ortho nitro benzene ring substituents is 1. The molecule has 0 radical (unpaired) electrons. The smallest absolute Gasteiger partial charge is 0.462 e. The van der Waals surface area contributed by atoms with Gasteiger partial charge >= 0.3 is 13.7 Å². The summed E-state index contributed by atoms with van der Waals surface area (Å²) >= 11 is 0. The SMILES string of the molecule is CC[C@H](C)OC(=O)C(C)NP(=O)(Oc1ccccc1)Oc1ccc([N+](=O)[O-])cc1. The molecule has 9 nitrogen and oxygen atoms in total. The van der Waals surface area contributed by atoms with Gasteiger partial charge in [-0.25, -0.2) is 4.57 Å². The molecule has 0 heterocycles. The second kappa shape index (κ2) is 10.0. The molecule has 0 saturated heterocycles. The summed E-state index contributed by atoms with van der Waals surface area (Å²) < 4.78 is 29.6. The second-order valence-corrected chi connectivity index (χ2v) is 7.87. The molecule has 2 aromatic rings. The van der Waals surface area contributed by atoms with Gasteiger partial charge in [-0.2, -0.15) is 5.09 Å². The highest BCUT2D eigenvalue weighted by Gasteiger charge is 2.34. The lowest BCUT2D eigenvalue weighted by Crippen LogP contribution is -2.37. The zero-order valence-electron chi connectivity index (χ0n) is 16.3. The molecule has 0 aliphatic carbocycles. The van der Waals surface area contributed by atoms with E-state index in [9.17, 15) is 19.5 Å². The average Bonchev–Trinajstić information content (AvgIpc) is 2.68. The Morgan fingerprint density at radius 3 is 2.14 bits per heavy atom. The van der Waals surface area contributed by atoms with E-state index in [0.717, 1.165) is 0 Å². The zero-order chi connectivity index (χ0) is 21.4. The van der Waals surface area contributed by atoms with E-state index < -0.39 is 24.7 Å². The van der Waals surface area contributed by atoms with Crippen molar-refractivity contribution in [1.82, 2.24) is 5.09 Å². The Bertz CT molecular complexity index is 874. The van der Waals surface area contributed by atoms with E-state index in [1.807, 2.05) is 6.92 Å². The number of para-hydroxylation sites is 1. The molecule has 2 rings (SSSR count). The predicted molar refractivity (Wildman–Crippen MR) is 107 cm³/mol. The van der Waals surface area contributed by atoms with E-state index >= 15 is 0 Å². The molecule has 1 N–H and O–H groups in total. The monoisotopic (exact) mass is 422 g/mol. The molecule has 0 aliphatic rings. The Labute approximate surface area is 168 Å². The van der Waals surface area contributed by atoms with Crippen LogP contribution in [0.1, 0.15) is 27.2 Å². The number of nitrogens with one attached hydrogen (secondary N) is 1. The van der Waals surface area contributed by atoms with E-state index in [0.29, 0.717) is 6.42 Å². The van der Waals surface area contributed by atoms with Crippen LogP contribution in [0.3, 0.4) is 0 Å². The van der Waals surface area contributed by atoms with Gasteiger partial charge in [0.25, 0.3) is 5.69 Å². The van der Waals surface area contributed by atoms with E-state index in [4.69, 9.17) is 13.8 Å². The van der Waals surface area contributed by atoms with E-state index in [1.165, 1.54) is 31.2 Å². The average molecular weight is 422 g/mol. The maximum absolute atomic E-state index is 13.3. The van der Waals surface area contributed by atoms with Crippen LogP contribution in [0.4, 0.5) is 5.69 Å². The number of rotatable bonds is 10. The van der Waals surface area contributed by atoms with Crippen LogP contribution >= 0.6 is 7.75 Å².